The number of hydrogen-bond donors (Lipinski definition) is 3. The fraction of sp³-hybridized carbons (Fsp3) is 0.444. The highest BCUT2D eigenvalue weighted by molar-refractivity contribution is 7.98. The molecule has 2 aromatic heterocycles. The lowest BCUT2D eigenvalue weighted by Gasteiger charge is -2.14. The summed E-state index contributed by atoms with van der Waals surface area (Å²) in [5, 5.41) is 15.5. The number of hydrogen-bond acceptors (Lipinski definition) is 7. The molecular formula is C18H23N5O2S. The second-order valence-electron chi connectivity index (χ2n) is 6.58. The smallest absolute Gasteiger partial charge is 0.307 e. The van der Waals surface area contributed by atoms with Crippen molar-refractivity contribution in [2.75, 3.05) is 30.0 Å². The van der Waals surface area contributed by atoms with Crippen molar-refractivity contribution < 1.29 is 9.90 Å². The van der Waals surface area contributed by atoms with Gasteiger partial charge in [-0.25, -0.2) is 15.0 Å². The number of carboxylic acid groups (broad SMARTS) is 1. The Bertz CT molecular complexity index is 738. The minimum atomic E-state index is -0.717. The zero-order valence-electron chi connectivity index (χ0n) is 14.8. The average molecular weight is 373 g/mol. The summed E-state index contributed by atoms with van der Waals surface area (Å²) in [5.41, 5.74) is 1.00. The number of pyridine rings is 1. The monoisotopic (exact) mass is 373 g/mol. The van der Waals surface area contributed by atoms with Crippen molar-refractivity contribution in [2.45, 2.75) is 24.2 Å². The van der Waals surface area contributed by atoms with Gasteiger partial charge in [-0.2, -0.15) is 0 Å². The van der Waals surface area contributed by atoms with Crippen molar-refractivity contribution in [3.63, 3.8) is 0 Å². The minimum absolute atomic E-state index is 0.120. The van der Waals surface area contributed by atoms with Gasteiger partial charge in [0.1, 0.15) is 5.82 Å². The lowest BCUT2D eigenvalue weighted by Crippen LogP contribution is -2.21. The third-order valence-electron chi connectivity index (χ3n) is 4.43. The van der Waals surface area contributed by atoms with E-state index in [4.69, 9.17) is 5.11 Å². The molecule has 0 amide bonds. The van der Waals surface area contributed by atoms with Gasteiger partial charge in [0.05, 0.1) is 5.92 Å². The molecule has 0 radical (unpaired) electrons. The Labute approximate surface area is 157 Å². The molecule has 3 atom stereocenters. The van der Waals surface area contributed by atoms with E-state index in [1.807, 2.05) is 30.8 Å². The largest absolute Gasteiger partial charge is 0.481 e. The predicted molar refractivity (Wildman–Crippen MR) is 103 cm³/mol. The molecule has 26 heavy (non-hydrogen) atoms. The zero-order chi connectivity index (χ0) is 18.5. The Hall–Kier alpha value is -2.35. The molecule has 3 rings (SSSR count). The van der Waals surface area contributed by atoms with Crippen LogP contribution < -0.4 is 10.6 Å². The van der Waals surface area contributed by atoms with Crippen LogP contribution in [0.2, 0.25) is 0 Å². The van der Waals surface area contributed by atoms with E-state index < -0.39 is 5.97 Å². The van der Waals surface area contributed by atoms with Crippen LogP contribution in [0.3, 0.4) is 0 Å². The molecule has 0 aromatic carbocycles. The van der Waals surface area contributed by atoms with Crippen LogP contribution in [0.5, 0.6) is 0 Å². The third-order valence-corrected chi connectivity index (χ3v) is 5.11. The lowest BCUT2D eigenvalue weighted by molar-refractivity contribution is -0.138. The summed E-state index contributed by atoms with van der Waals surface area (Å²) >= 11 is 1.62. The average Bonchev–Trinajstić information content (AvgIpc) is 3.47. The second-order valence-corrected chi connectivity index (χ2v) is 7.46. The molecule has 0 unspecified atom stereocenters. The topological polar surface area (TPSA) is 100 Å². The number of aromatic nitrogens is 3. The van der Waals surface area contributed by atoms with Gasteiger partial charge in [0.2, 0.25) is 5.95 Å². The van der Waals surface area contributed by atoms with Gasteiger partial charge in [-0.15, -0.1) is 11.8 Å². The van der Waals surface area contributed by atoms with Crippen LogP contribution in [0.25, 0.3) is 0 Å². The normalized spacial score (nSPS) is 19.6. The summed E-state index contributed by atoms with van der Waals surface area (Å²) in [6.07, 6.45) is 8.11. The lowest BCUT2D eigenvalue weighted by atomic mass is 10.1. The molecule has 7 nitrogen and oxygen atoms in total. The van der Waals surface area contributed by atoms with Gasteiger partial charge in [-0.1, -0.05) is 13.0 Å². The number of rotatable bonds is 9. The van der Waals surface area contributed by atoms with E-state index in [-0.39, 0.29) is 11.8 Å². The first-order valence-electron chi connectivity index (χ1n) is 8.59. The molecule has 1 saturated carbocycles. The summed E-state index contributed by atoms with van der Waals surface area (Å²) < 4.78 is 0. The molecule has 2 heterocycles. The van der Waals surface area contributed by atoms with E-state index >= 15 is 0 Å². The van der Waals surface area contributed by atoms with Gasteiger partial charge >= 0.3 is 5.97 Å². The molecule has 1 aliphatic rings. The van der Waals surface area contributed by atoms with E-state index in [1.54, 1.807) is 18.0 Å². The Morgan fingerprint density at radius 3 is 2.54 bits per heavy atom. The summed E-state index contributed by atoms with van der Waals surface area (Å²) in [6.45, 7) is 3.65. The van der Waals surface area contributed by atoms with E-state index in [0.29, 0.717) is 18.3 Å². The minimum Gasteiger partial charge on any atom is -0.481 e. The summed E-state index contributed by atoms with van der Waals surface area (Å²) in [5.74, 6) is 0.956. The van der Waals surface area contributed by atoms with Crippen LogP contribution in [-0.2, 0) is 4.79 Å². The Kier molecular flexibility index (Phi) is 5.92. The van der Waals surface area contributed by atoms with Crippen LogP contribution in [-0.4, -0.2) is 45.4 Å². The summed E-state index contributed by atoms with van der Waals surface area (Å²) in [6, 6.07) is 3.88. The Morgan fingerprint density at radius 1 is 1.23 bits per heavy atom. The van der Waals surface area contributed by atoms with Gasteiger partial charge in [0.25, 0.3) is 0 Å². The van der Waals surface area contributed by atoms with Gasteiger partial charge in [0.15, 0.2) is 0 Å². The molecule has 1 fully saturated rings. The number of carboxylic acids is 1. The van der Waals surface area contributed by atoms with E-state index in [2.05, 4.69) is 32.5 Å². The molecule has 1 aliphatic carbocycles. The highest BCUT2D eigenvalue weighted by Gasteiger charge is 2.44. The van der Waals surface area contributed by atoms with Crippen molar-refractivity contribution in [2.24, 2.45) is 11.8 Å². The van der Waals surface area contributed by atoms with Crippen molar-refractivity contribution in [1.82, 2.24) is 15.0 Å². The first-order valence-corrected chi connectivity index (χ1v) is 9.82. The molecule has 3 N–H and O–H groups in total. The maximum Gasteiger partial charge on any atom is 0.307 e. The first kappa shape index (κ1) is 18.4. The van der Waals surface area contributed by atoms with Gasteiger partial charge < -0.3 is 15.7 Å². The SMILES string of the molecule is CSc1cnc(NC[C@H](C)CNc2ccc([C@H]3C[C@@H]3C(=O)O)cn2)nc1. The zero-order valence-corrected chi connectivity index (χ0v) is 15.7. The van der Waals surface area contributed by atoms with E-state index in [9.17, 15) is 4.79 Å². The summed E-state index contributed by atoms with van der Waals surface area (Å²) in [4.78, 5) is 24.9. The number of thioether (sulfide) groups is 1. The van der Waals surface area contributed by atoms with Crippen LogP contribution >= 0.6 is 11.8 Å². The molecule has 8 heteroatoms. The molecule has 0 saturated heterocycles. The third kappa shape index (κ3) is 4.85. The van der Waals surface area contributed by atoms with Crippen LogP contribution in [0.15, 0.2) is 35.6 Å². The maximum atomic E-state index is 10.9. The molecule has 2 aromatic rings. The molecule has 138 valence electrons. The quantitative estimate of drug-likeness (QED) is 0.577. The van der Waals surface area contributed by atoms with Crippen molar-refractivity contribution >= 4 is 29.5 Å². The molecule has 0 aliphatic heterocycles. The van der Waals surface area contributed by atoms with Crippen molar-refractivity contribution in [3.05, 3.63) is 36.3 Å². The predicted octanol–water partition coefficient (Wildman–Crippen LogP) is 2.94. The summed E-state index contributed by atoms with van der Waals surface area (Å²) in [7, 11) is 0. The van der Waals surface area contributed by atoms with Crippen molar-refractivity contribution in [1.29, 1.82) is 0 Å². The maximum absolute atomic E-state index is 10.9. The first-order chi connectivity index (χ1) is 12.6. The van der Waals surface area contributed by atoms with Crippen molar-refractivity contribution in [3.8, 4) is 0 Å². The van der Waals surface area contributed by atoms with Gasteiger partial charge in [-0.05, 0) is 36.1 Å². The molecule has 0 spiro atoms. The molecule has 0 bridgehead atoms. The fourth-order valence-corrected chi connectivity index (χ4v) is 3.01. The molecular weight excluding hydrogens is 350 g/mol. The number of nitrogens with zero attached hydrogens (tertiary/aromatic N) is 3. The number of carbonyl (C=O) groups is 1. The number of aliphatic carboxylic acids is 1. The fourth-order valence-electron chi connectivity index (χ4n) is 2.69. The highest BCUT2D eigenvalue weighted by atomic mass is 32.2. The van der Waals surface area contributed by atoms with Gasteiger partial charge in [0, 0.05) is 36.6 Å². The standard InChI is InChI=1S/C18H23N5O2S/c1-11(7-21-18-22-9-13(26-2)10-23-18)6-19-16-4-3-12(8-20-16)14-5-15(14)17(24)25/h3-4,8-11,14-15H,5-7H2,1-2H3,(H,19,20)(H,24,25)(H,21,22,23)/t11-,14-,15+/m1/s1. The Morgan fingerprint density at radius 2 is 1.96 bits per heavy atom. The van der Waals surface area contributed by atoms with E-state index in [0.717, 1.165) is 29.4 Å². The second kappa shape index (κ2) is 8.35. The van der Waals surface area contributed by atoms with Crippen LogP contribution in [0.1, 0.15) is 24.8 Å². The van der Waals surface area contributed by atoms with E-state index in [1.165, 1.54) is 0 Å². The number of anilines is 2. The van der Waals surface area contributed by atoms with Crippen LogP contribution in [0, 0.1) is 11.8 Å². The highest BCUT2D eigenvalue weighted by Crippen LogP contribution is 2.47. The Balaban J connectivity index is 1.41. The van der Waals surface area contributed by atoms with Crippen LogP contribution in [0.4, 0.5) is 11.8 Å². The van der Waals surface area contributed by atoms with Gasteiger partial charge in [-0.3, -0.25) is 4.79 Å². The number of nitrogens with one attached hydrogen (secondary N) is 2.